The molecule has 0 aliphatic rings. The fourth-order valence-electron chi connectivity index (χ4n) is 2.15. The van der Waals surface area contributed by atoms with Crippen LogP contribution >= 0.6 is 7.60 Å². The van der Waals surface area contributed by atoms with Gasteiger partial charge in [-0.1, -0.05) is 52.4 Å². The summed E-state index contributed by atoms with van der Waals surface area (Å²) >= 11 is 0. The summed E-state index contributed by atoms with van der Waals surface area (Å²) in [7, 11) is -3.96. The van der Waals surface area contributed by atoms with Crippen molar-refractivity contribution in [2.45, 2.75) is 77.7 Å². The smallest absolute Gasteiger partial charge is 0.325 e. The molecule has 6 heteroatoms. The van der Waals surface area contributed by atoms with Gasteiger partial charge in [0.2, 0.25) is 0 Å². The molecule has 0 aliphatic carbocycles. The lowest BCUT2D eigenvalue weighted by Gasteiger charge is -2.18. The summed E-state index contributed by atoms with van der Waals surface area (Å²) in [6.07, 6.45) is 9.16. The third-order valence-corrected chi connectivity index (χ3v) is 4.38. The molecule has 0 bridgehead atoms. The molecule has 0 saturated carbocycles. The third-order valence-electron chi connectivity index (χ3n) is 3.54. The van der Waals surface area contributed by atoms with Gasteiger partial charge < -0.3 is 19.3 Å². The Kier molecular flexibility index (Phi) is 14.7. The Morgan fingerprint density at radius 1 is 0.909 bits per heavy atom. The van der Waals surface area contributed by atoms with Crippen LogP contribution in [0, 0.1) is 0 Å². The standard InChI is InChI=1S/C16H35O5P/c1-3-5-7-9-12-20-15-16(11-14-22(17,18)19)21-13-10-8-6-4-2/h16H,3-15H2,1-2H3,(H2,17,18,19). The summed E-state index contributed by atoms with van der Waals surface area (Å²) in [5, 5.41) is 0. The van der Waals surface area contributed by atoms with Gasteiger partial charge in [0.15, 0.2) is 0 Å². The molecule has 0 aromatic rings. The van der Waals surface area contributed by atoms with Gasteiger partial charge in [0.1, 0.15) is 0 Å². The van der Waals surface area contributed by atoms with Crippen molar-refractivity contribution in [2.75, 3.05) is 26.0 Å². The summed E-state index contributed by atoms with van der Waals surface area (Å²) in [6, 6.07) is 0. The van der Waals surface area contributed by atoms with Crippen molar-refractivity contribution in [1.29, 1.82) is 0 Å². The normalized spacial score (nSPS) is 13.5. The summed E-state index contributed by atoms with van der Waals surface area (Å²) < 4.78 is 22.3. The maximum absolute atomic E-state index is 11.0. The van der Waals surface area contributed by atoms with E-state index >= 15 is 0 Å². The van der Waals surface area contributed by atoms with E-state index in [9.17, 15) is 4.57 Å². The van der Waals surface area contributed by atoms with Gasteiger partial charge in [-0.15, -0.1) is 0 Å². The fraction of sp³-hybridized carbons (Fsp3) is 1.00. The Balaban J connectivity index is 3.87. The van der Waals surface area contributed by atoms with Crippen LogP contribution in [0.2, 0.25) is 0 Å². The van der Waals surface area contributed by atoms with Crippen LogP contribution in [-0.4, -0.2) is 41.9 Å². The molecule has 0 radical (unpaired) electrons. The maximum atomic E-state index is 11.0. The first-order valence-corrected chi connectivity index (χ1v) is 10.5. The van der Waals surface area contributed by atoms with Crippen LogP contribution in [0.4, 0.5) is 0 Å². The molecule has 0 amide bonds. The molecule has 0 heterocycles. The highest BCUT2D eigenvalue weighted by molar-refractivity contribution is 7.51. The van der Waals surface area contributed by atoms with Gasteiger partial charge in [0.05, 0.1) is 18.9 Å². The average molecular weight is 338 g/mol. The van der Waals surface area contributed by atoms with Gasteiger partial charge in [-0.25, -0.2) is 0 Å². The predicted octanol–water partition coefficient (Wildman–Crippen LogP) is 4.12. The first-order valence-electron chi connectivity index (χ1n) is 8.73. The van der Waals surface area contributed by atoms with Crippen molar-refractivity contribution in [1.82, 2.24) is 0 Å². The Labute approximate surface area is 135 Å². The van der Waals surface area contributed by atoms with Gasteiger partial charge in [-0.3, -0.25) is 4.57 Å². The van der Waals surface area contributed by atoms with E-state index in [2.05, 4.69) is 13.8 Å². The quantitative estimate of drug-likeness (QED) is 0.327. The molecule has 1 unspecified atom stereocenters. The maximum Gasteiger partial charge on any atom is 0.325 e. The van der Waals surface area contributed by atoms with Crippen molar-refractivity contribution < 1.29 is 23.8 Å². The Morgan fingerprint density at radius 3 is 2.05 bits per heavy atom. The van der Waals surface area contributed by atoms with Crippen molar-refractivity contribution in [3.8, 4) is 0 Å². The minimum absolute atomic E-state index is 0.133. The predicted molar refractivity (Wildman–Crippen MR) is 90.4 cm³/mol. The highest BCUT2D eigenvalue weighted by Crippen LogP contribution is 2.35. The van der Waals surface area contributed by atoms with Crippen molar-refractivity contribution in [3.63, 3.8) is 0 Å². The molecular weight excluding hydrogens is 303 g/mol. The highest BCUT2D eigenvalue weighted by atomic mass is 31.2. The van der Waals surface area contributed by atoms with E-state index in [0.29, 0.717) is 26.2 Å². The first-order chi connectivity index (χ1) is 10.5. The molecule has 0 spiro atoms. The highest BCUT2D eigenvalue weighted by Gasteiger charge is 2.18. The molecule has 0 saturated heterocycles. The van der Waals surface area contributed by atoms with Crippen LogP contribution < -0.4 is 0 Å². The molecule has 0 rings (SSSR count). The molecule has 2 N–H and O–H groups in total. The Hall–Kier alpha value is 0.0700. The molecule has 1 atom stereocenters. The molecule has 0 aromatic carbocycles. The molecule has 5 nitrogen and oxygen atoms in total. The minimum atomic E-state index is -3.96. The Morgan fingerprint density at radius 2 is 1.50 bits per heavy atom. The van der Waals surface area contributed by atoms with Crippen LogP contribution in [0.1, 0.15) is 71.6 Å². The number of rotatable bonds is 16. The summed E-state index contributed by atoms with van der Waals surface area (Å²) in [4.78, 5) is 18.0. The molecular formula is C16H35O5P. The van der Waals surface area contributed by atoms with Gasteiger partial charge in [0.25, 0.3) is 0 Å². The average Bonchev–Trinajstić information content (AvgIpc) is 2.46. The second kappa shape index (κ2) is 14.6. The van der Waals surface area contributed by atoms with Gasteiger partial charge in [-0.2, -0.15) is 0 Å². The van der Waals surface area contributed by atoms with Crippen LogP contribution in [-0.2, 0) is 14.0 Å². The fourth-order valence-corrected chi connectivity index (χ4v) is 2.78. The van der Waals surface area contributed by atoms with E-state index in [4.69, 9.17) is 19.3 Å². The van der Waals surface area contributed by atoms with E-state index in [-0.39, 0.29) is 12.3 Å². The van der Waals surface area contributed by atoms with Crippen LogP contribution in [0.3, 0.4) is 0 Å². The Bertz CT molecular complexity index is 280. The summed E-state index contributed by atoms with van der Waals surface area (Å²) in [6.45, 7) is 6.11. The van der Waals surface area contributed by atoms with E-state index in [1.807, 2.05) is 0 Å². The molecule has 0 aromatic heterocycles. The molecule has 22 heavy (non-hydrogen) atoms. The van der Waals surface area contributed by atoms with Crippen LogP contribution in [0.25, 0.3) is 0 Å². The lowest BCUT2D eigenvalue weighted by Crippen LogP contribution is -2.22. The zero-order valence-corrected chi connectivity index (χ0v) is 15.2. The lowest BCUT2D eigenvalue weighted by atomic mass is 10.2. The summed E-state index contributed by atoms with van der Waals surface area (Å²) in [5.74, 6) is 0. The van der Waals surface area contributed by atoms with Crippen molar-refractivity contribution in [3.05, 3.63) is 0 Å². The van der Waals surface area contributed by atoms with E-state index < -0.39 is 7.60 Å². The van der Waals surface area contributed by atoms with Gasteiger partial charge in [0, 0.05) is 13.2 Å². The molecule has 0 fully saturated rings. The van der Waals surface area contributed by atoms with Gasteiger partial charge >= 0.3 is 7.60 Å². The van der Waals surface area contributed by atoms with Crippen LogP contribution in [0.5, 0.6) is 0 Å². The first kappa shape index (κ1) is 22.1. The zero-order chi connectivity index (χ0) is 16.7. The second-order valence-electron chi connectivity index (χ2n) is 5.87. The molecule has 134 valence electrons. The SMILES string of the molecule is CCCCCCOCC(CCP(=O)(O)O)OCCCCCC. The number of hydrogen-bond donors (Lipinski definition) is 2. The second-order valence-corrected chi connectivity index (χ2v) is 7.64. The monoisotopic (exact) mass is 338 g/mol. The lowest BCUT2D eigenvalue weighted by molar-refractivity contribution is -0.0200. The summed E-state index contributed by atoms with van der Waals surface area (Å²) in [5.41, 5.74) is 0. The van der Waals surface area contributed by atoms with E-state index in [1.54, 1.807) is 0 Å². The number of hydrogen-bond acceptors (Lipinski definition) is 3. The van der Waals surface area contributed by atoms with Gasteiger partial charge in [-0.05, 0) is 19.3 Å². The third kappa shape index (κ3) is 16.4. The van der Waals surface area contributed by atoms with E-state index in [0.717, 1.165) is 19.3 Å². The van der Waals surface area contributed by atoms with Crippen LogP contribution in [0.15, 0.2) is 0 Å². The number of ether oxygens (including phenoxy) is 2. The van der Waals surface area contributed by atoms with Crippen molar-refractivity contribution >= 4 is 7.60 Å². The molecule has 0 aliphatic heterocycles. The zero-order valence-electron chi connectivity index (χ0n) is 14.3. The largest absolute Gasteiger partial charge is 0.379 e. The number of unbranched alkanes of at least 4 members (excludes halogenated alkanes) is 6. The van der Waals surface area contributed by atoms with Crippen molar-refractivity contribution in [2.24, 2.45) is 0 Å². The van der Waals surface area contributed by atoms with E-state index in [1.165, 1.54) is 32.1 Å². The topological polar surface area (TPSA) is 76.0 Å². The minimum Gasteiger partial charge on any atom is -0.379 e.